The van der Waals surface area contributed by atoms with Crippen LogP contribution in [0.4, 0.5) is 11.4 Å². The van der Waals surface area contributed by atoms with Gasteiger partial charge in [0.2, 0.25) is 6.08 Å². The lowest BCUT2D eigenvalue weighted by Crippen LogP contribution is -2.28. The highest BCUT2D eigenvalue weighted by molar-refractivity contribution is 5.78. The van der Waals surface area contributed by atoms with Crippen LogP contribution in [-0.4, -0.2) is 24.2 Å². The number of aliphatic imine (C=N–C) groups is 1. The molecule has 0 bridgehead atoms. The summed E-state index contributed by atoms with van der Waals surface area (Å²) in [5.41, 5.74) is 0.516. The molecule has 1 aromatic rings. The SMILES string of the molecule is CC(C)(C)OC(=O)CNc1ccccc1N=C=O. The van der Waals surface area contributed by atoms with Gasteiger partial charge in [-0.05, 0) is 32.9 Å². The number of hydrogen-bond acceptors (Lipinski definition) is 5. The van der Waals surface area contributed by atoms with Gasteiger partial charge in [-0.25, -0.2) is 4.79 Å². The van der Waals surface area contributed by atoms with Gasteiger partial charge in [0.15, 0.2) is 0 Å². The number of para-hydroxylation sites is 2. The molecule has 0 spiro atoms. The molecule has 0 aliphatic rings. The van der Waals surface area contributed by atoms with Gasteiger partial charge >= 0.3 is 5.97 Å². The third-order valence-corrected chi connectivity index (χ3v) is 1.91. The summed E-state index contributed by atoms with van der Waals surface area (Å²) in [5.74, 6) is -0.368. The molecule has 0 atom stereocenters. The van der Waals surface area contributed by atoms with Crippen LogP contribution in [0.2, 0.25) is 0 Å². The van der Waals surface area contributed by atoms with Crippen LogP contribution in [0.3, 0.4) is 0 Å². The number of rotatable bonds is 4. The number of esters is 1. The third kappa shape index (κ3) is 4.80. The van der Waals surface area contributed by atoms with E-state index < -0.39 is 5.60 Å². The van der Waals surface area contributed by atoms with Gasteiger partial charge < -0.3 is 10.1 Å². The highest BCUT2D eigenvalue weighted by Gasteiger charge is 2.16. The zero-order valence-corrected chi connectivity index (χ0v) is 10.7. The van der Waals surface area contributed by atoms with Gasteiger partial charge in [-0.2, -0.15) is 4.99 Å². The van der Waals surface area contributed by atoms with E-state index in [2.05, 4.69) is 10.3 Å². The second-order valence-corrected chi connectivity index (χ2v) is 4.66. The molecular weight excluding hydrogens is 232 g/mol. The molecule has 0 unspecified atom stereocenters. The van der Waals surface area contributed by atoms with Crippen LogP contribution < -0.4 is 5.32 Å². The molecule has 5 nitrogen and oxygen atoms in total. The number of carbonyl (C=O) groups excluding carboxylic acids is 2. The fourth-order valence-corrected chi connectivity index (χ4v) is 1.31. The number of isocyanates is 1. The van der Waals surface area contributed by atoms with Crippen LogP contribution in [0.25, 0.3) is 0 Å². The molecule has 0 aliphatic heterocycles. The second kappa shape index (κ2) is 5.98. The largest absolute Gasteiger partial charge is 0.459 e. The van der Waals surface area contributed by atoms with E-state index in [0.717, 1.165) is 0 Å². The number of nitrogens with zero attached hydrogens (tertiary/aromatic N) is 1. The Bertz CT molecular complexity index is 471. The predicted molar refractivity (Wildman–Crippen MR) is 68.6 cm³/mol. The van der Waals surface area contributed by atoms with Crippen molar-refractivity contribution >= 4 is 23.4 Å². The fourth-order valence-electron chi connectivity index (χ4n) is 1.31. The summed E-state index contributed by atoms with van der Waals surface area (Å²) in [5, 5.41) is 2.87. The molecule has 0 fully saturated rings. The van der Waals surface area contributed by atoms with E-state index in [4.69, 9.17) is 4.74 Å². The lowest BCUT2D eigenvalue weighted by molar-refractivity contribution is -0.152. The summed E-state index contributed by atoms with van der Waals surface area (Å²) in [6.07, 6.45) is 1.47. The predicted octanol–water partition coefficient (Wildman–Crippen LogP) is 2.41. The summed E-state index contributed by atoms with van der Waals surface area (Å²) in [7, 11) is 0. The monoisotopic (exact) mass is 248 g/mol. The third-order valence-electron chi connectivity index (χ3n) is 1.91. The van der Waals surface area contributed by atoms with Gasteiger partial charge in [0.1, 0.15) is 12.1 Å². The van der Waals surface area contributed by atoms with Gasteiger partial charge in [-0.1, -0.05) is 12.1 Å². The Kier molecular flexibility index (Phi) is 4.63. The van der Waals surface area contributed by atoms with Gasteiger partial charge in [0, 0.05) is 0 Å². The van der Waals surface area contributed by atoms with Gasteiger partial charge in [0.25, 0.3) is 0 Å². The van der Waals surface area contributed by atoms with E-state index in [9.17, 15) is 9.59 Å². The maximum Gasteiger partial charge on any atom is 0.325 e. The molecule has 0 saturated carbocycles. The molecule has 0 heterocycles. The quantitative estimate of drug-likeness (QED) is 0.504. The molecule has 5 heteroatoms. The number of carbonyl (C=O) groups is 1. The Hall–Kier alpha value is -2.13. The standard InChI is InChI=1S/C13H16N2O3/c1-13(2,3)18-12(17)8-14-10-6-4-5-7-11(10)15-9-16/h4-7,14H,8H2,1-3H3. The molecule has 1 rings (SSSR count). The number of nitrogens with one attached hydrogen (secondary N) is 1. The first-order valence-corrected chi connectivity index (χ1v) is 5.55. The Morgan fingerprint density at radius 1 is 1.39 bits per heavy atom. The molecular formula is C13H16N2O3. The van der Waals surface area contributed by atoms with Crippen LogP contribution in [-0.2, 0) is 14.3 Å². The Morgan fingerprint density at radius 2 is 2.06 bits per heavy atom. The van der Waals surface area contributed by atoms with E-state index in [1.165, 1.54) is 6.08 Å². The highest BCUT2D eigenvalue weighted by atomic mass is 16.6. The van der Waals surface area contributed by atoms with Crippen molar-refractivity contribution < 1.29 is 14.3 Å². The number of hydrogen-bond donors (Lipinski definition) is 1. The maximum atomic E-state index is 11.5. The Morgan fingerprint density at radius 3 is 2.67 bits per heavy atom. The Labute approximate surface area is 106 Å². The first-order chi connectivity index (χ1) is 8.42. The maximum absolute atomic E-state index is 11.5. The average molecular weight is 248 g/mol. The van der Waals surface area contributed by atoms with Crippen LogP contribution in [0.15, 0.2) is 29.3 Å². The van der Waals surface area contributed by atoms with E-state index in [-0.39, 0.29) is 12.5 Å². The summed E-state index contributed by atoms with van der Waals surface area (Å²) < 4.78 is 5.15. The number of ether oxygens (including phenoxy) is 1. The van der Waals surface area contributed by atoms with Crippen molar-refractivity contribution in [3.8, 4) is 0 Å². The molecule has 18 heavy (non-hydrogen) atoms. The zero-order chi connectivity index (χ0) is 13.6. The topological polar surface area (TPSA) is 67.8 Å². The lowest BCUT2D eigenvalue weighted by Gasteiger charge is -2.19. The van der Waals surface area contributed by atoms with E-state index in [1.54, 1.807) is 45.0 Å². The van der Waals surface area contributed by atoms with Crippen molar-refractivity contribution in [3.05, 3.63) is 24.3 Å². The molecule has 0 aromatic heterocycles. The molecule has 96 valence electrons. The number of anilines is 1. The van der Waals surface area contributed by atoms with Crippen LogP contribution in [0.1, 0.15) is 20.8 Å². The van der Waals surface area contributed by atoms with Gasteiger partial charge in [0.05, 0.1) is 11.4 Å². The second-order valence-electron chi connectivity index (χ2n) is 4.66. The highest BCUT2D eigenvalue weighted by Crippen LogP contribution is 2.23. The van der Waals surface area contributed by atoms with Gasteiger partial charge in [-0.3, -0.25) is 4.79 Å². The smallest absolute Gasteiger partial charge is 0.325 e. The minimum Gasteiger partial charge on any atom is -0.459 e. The van der Waals surface area contributed by atoms with Crippen molar-refractivity contribution in [1.82, 2.24) is 0 Å². The summed E-state index contributed by atoms with van der Waals surface area (Å²) in [4.78, 5) is 25.3. The number of benzene rings is 1. The Balaban J connectivity index is 2.64. The average Bonchev–Trinajstić information content (AvgIpc) is 2.26. The van der Waals surface area contributed by atoms with E-state index in [0.29, 0.717) is 11.4 Å². The van der Waals surface area contributed by atoms with Crippen LogP contribution in [0, 0.1) is 0 Å². The van der Waals surface area contributed by atoms with E-state index >= 15 is 0 Å². The van der Waals surface area contributed by atoms with Crippen molar-refractivity contribution in [2.24, 2.45) is 4.99 Å². The van der Waals surface area contributed by atoms with Crippen molar-refractivity contribution in [1.29, 1.82) is 0 Å². The minimum absolute atomic E-state index is 0.0165. The van der Waals surface area contributed by atoms with Crippen LogP contribution >= 0.6 is 0 Å². The zero-order valence-electron chi connectivity index (χ0n) is 10.7. The molecule has 0 aliphatic carbocycles. The molecule has 0 saturated heterocycles. The fraction of sp³-hybridized carbons (Fsp3) is 0.385. The summed E-state index contributed by atoms with van der Waals surface area (Å²) in [6, 6.07) is 6.90. The summed E-state index contributed by atoms with van der Waals surface area (Å²) >= 11 is 0. The van der Waals surface area contributed by atoms with Gasteiger partial charge in [-0.15, -0.1) is 0 Å². The minimum atomic E-state index is -0.515. The first-order valence-electron chi connectivity index (χ1n) is 5.55. The molecule has 1 N–H and O–H groups in total. The van der Waals surface area contributed by atoms with Crippen molar-refractivity contribution in [2.45, 2.75) is 26.4 Å². The van der Waals surface area contributed by atoms with Crippen molar-refractivity contribution in [3.63, 3.8) is 0 Å². The normalized spacial score (nSPS) is 10.4. The van der Waals surface area contributed by atoms with Crippen molar-refractivity contribution in [2.75, 3.05) is 11.9 Å². The lowest BCUT2D eigenvalue weighted by atomic mass is 10.2. The first kappa shape index (κ1) is 13.9. The molecule has 0 radical (unpaired) electrons. The summed E-state index contributed by atoms with van der Waals surface area (Å²) in [6.45, 7) is 5.42. The molecule has 1 aromatic carbocycles. The molecule has 0 amide bonds. The van der Waals surface area contributed by atoms with E-state index in [1.807, 2.05) is 0 Å². The van der Waals surface area contributed by atoms with Crippen LogP contribution in [0.5, 0.6) is 0 Å².